The van der Waals surface area contributed by atoms with Gasteiger partial charge in [0, 0.05) is 38.6 Å². The molecule has 2 aromatic carbocycles. The van der Waals surface area contributed by atoms with E-state index >= 15 is 0 Å². The van der Waals surface area contributed by atoms with Crippen LogP contribution < -0.4 is 4.90 Å². The lowest BCUT2D eigenvalue weighted by atomic mass is 10.00. The monoisotopic (exact) mass is 571 g/mol. The van der Waals surface area contributed by atoms with E-state index in [-0.39, 0.29) is 25.0 Å². The predicted octanol–water partition coefficient (Wildman–Crippen LogP) is 5.57. The zero-order valence-electron chi connectivity index (χ0n) is 21.0. The fourth-order valence-corrected chi connectivity index (χ4v) is 4.88. The van der Waals surface area contributed by atoms with Crippen molar-refractivity contribution in [2.75, 3.05) is 57.9 Å². The summed E-state index contributed by atoms with van der Waals surface area (Å²) in [5.74, 6) is -0.116. The maximum Gasteiger partial charge on any atom is 0.242 e. The number of aromatic nitrogens is 1. The van der Waals surface area contributed by atoms with E-state index in [4.69, 9.17) is 39.5 Å². The molecule has 1 aromatic heterocycles. The van der Waals surface area contributed by atoms with E-state index in [1.807, 2.05) is 43.4 Å². The summed E-state index contributed by atoms with van der Waals surface area (Å²) >= 11 is 18.3. The standard InChI is InChI=1S/C28H28Cl3N5O2/c1-34(28(37)19-36(11-9-32)23-6-7-24(29)25(30)17-23)26(18-35-12-14-38-15-13-35)21-4-2-20(3-5-21)22-8-10-33-27(31)16-22/h2-8,10,16-17,26H,11-15,18-19H2,1H3. The maximum absolute atomic E-state index is 13.6. The summed E-state index contributed by atoms with van der Waals surface area (Å²) in [4.78, 5) is 23.4. The zero-order valence-corrected chi connectivity index (χ0v) is 23.3. The highest BCUT2D eigenvalue weighted by Gasteiger charge is 2.27. The number of hydrogen-bond donors (Lipinski definition) is 0. The number of morpholine rings is 1. The van der Waals surface area contributed by atoms with Crippen LogP contribution in [0.1, 0.15) is 11.6 Å². The molecular formula is C28H28Cl3N5O2. The van der Waals surface area contributed by atoms with Crippen LogP contribution in [0.25, 0.3) is 11.1 Å². The van der Waals surface area contributed by atoms with Gasteiger partial charge in [-0.1, -0.05) is 59.1 Å². The van der Waals surface area contributed by atoms with Crippen LogP contribution in [-0.2, 0) is 9.53 Å². The molecule has 1 aliphatic heterocycles. The van der Waals surface area contributed by atoms with Crippen molar-refractivity contribution in [1.29, 1.82) is 5.26 Å². The summed E-state index contributed by atoms with van der Waals surface area (Å²) in [6, 6.07) is 18.9. The third kappa shape index (κ3) is 7.16. The summed E-state index contributed by atoms with van der Waals surface area (Å²) in [7, 11) is 1.81. The second-order valence-corrected chi connectivity index (χ2v) is 10.2. The molecule has 0 bridgehead atoms. The van der Waals surface area contributed by atoms with Gasteiger partial charge >= 0.3 is 0 Å². The maximum atomic E-state index is 13.6. The molecule has 0 radical (unpaired) electrons. The number of likely N-dealkylation sites (N-methyl/N-ethyl adjacent to an activating group) is 1. The van der Waals surface area contributed by atoms with Crippen LogP contribution in [0.4, 0.5) is 5.69 Å². The van der Waals surface area contributed by atoms with Crippen molar-refractivity contribution >= 4 is 46.4 Å². The molecule has 7 nitrogen and oxygen atoms in total. The first-order valence-corrected chi connectivity index (χ1v) is 13.3. The Morgan fingerprint density at radius 1 is 1.05 bits per heavy atom. The van der Waals surface area contributed by atoms with E-state index in [0.717, 1.165) is 29.8 Å². The molecular weight excluding hydrogens is 545 g/mol. The average Bonchev–Trinajstić information content (AvgIpc) is 2.93. The minimum Gasteiger partial charge on any atom is -0.379 e. The summed E-state index contributed by atoms with van der Waals surface area (Å²) < 4.78 is 5.52. The number of rotatable bonds is 9. The van der Waals surface area contributed by atoms with E-state index in [1.165, 1.54) is 0 Å². The number of carbonyl (C=O) groups excluding carboxylic acids is 1. The van der Waals surface area contributed by atoms with Gasteiger partial charge in [-0.2, -0.15) is 5.26 Å². The second-order valence-electron chi connectivity index (χ2n) is 9.04. The fourth-order valence-electron chi connectivity index (χ4n) is 4.41. The van der Waals surface area contributed by atoms with E-state index in [1.54, 1.807) is 34.2 Å². The largest absolute Gasteiger partial charge is 0.379 e. The number of ether oxygens (including phenoxy) is 1. The molecule has 0 aliphatic carbocycles. The van der Waals surface area contributed by atoms with Gasteiger partial charge in [0.05, 0.1) is 41.9 Å². The van der Waals surface area contributed by atoms with Gasteiger partial charge in [-0.3, -0.25) is 9.69 Å². The molecule has 198 valence electrons. The Bertz CT molecular complexity index is 1290. The molecule has 1 amide bonds. The molecule has 38 heavy (non-hydrogen) atoms. The Morgan fingerprint density at radius 3 is 2.45 bits per heavy atom. The highest BCUT2D eigenvalue weighted by atomic mass is 35.5. The number of nitrogens with zero attached hydrogens (tertiary/aromatic N) is 5. The first kappa shape index (κ1) is 28.2. The van der Waals surface area contributed by atoms with Crippen molar-refractivity contribution in [2.24, 2.45) is 0 Å². The topological polar surface area (TPSA) is 72.7 Å². The number of carbonyl (C=O) groups is 1. The van der Waals surface area contributed by atoms with Crippen LogP contribution in [0.5, 0.6) is 0 Å². The Balaban J connectivity index is 1.57. The lowest BCUT2D eigenvalue weighted by Gasteiger charge is -2.36. The third-order valence-corrected chi connectivity index (χ3v) is 7.55. The van der Waals surface area contributed by atoms with Crippen molar-refractivity contribution in [3.05, 3.63) is 81.6 Å². The Morgan fingerprint density at radius 2 is 1.79 bits per heavy atom. The Hall–Kier alpha value is -2.86. The zero-order chi connectivity index (χ0) is 27.1. The van der Waals surface area contributed by atoms with Crippen molar-refractivity contribution in [3.8, 4) is 17.2 Å². The predicted molar refractivity (Wildman–Crippen MR) is 152 cm³/mol. The van der Waals surface area contributed by atoms with Gasteiger partial charge in [0.2, 0.25) is 5.91 Å². The van der Waals surface area contributed by atoms with Gasteiger partial charge in [-0.05, 0) is 47.0 Å². The minimum atomic E-state index is -0.201. The molecule has 1 fully saturated rings. The van der Waals surface area contributed by atoms with Gasteiger partial charge in [-0.25, -0.2) is 4.98 Å². The van der Waals surface area contributed by atoms with E-state index in [2.05, 4.69) is 16.0 Å². The number of hydrogen-bond acceptors (Lipinski definition) is 6. The summed E-state index contributed by atoms with van der Waals surface area (Å²) in [6.45, 7) is 3.66. The van der Waals surface area contributed by atoms with Gasteiger partial charge in [0.15, 0.2) is 0 Å². The first-order valence-electron chi connectivity index (χ1n) is 12.2. The van der Waals surface area contributed by atoms with E-state index in [9.17, 15) is 10.1 Å². The first-order chi connectivity index (χ1) is 18.4. The van der Waals surface area contributed by atoms with Crippen molar-refractivity contribution < 1.29 is 9.53 Å². The normalized spacial score (nSPS) is 14.5. The molecule has 2 heterocycles. The summed E-state index contributed by atoms with van der Waals surface area (Å²) in [6.07, 6.45) is 1.68. The van der Waals surface area contributed by atoms with Gasteiger partial charge in [0.1, 0.15) is 11.7 Å². The molecule has 10 heteroatoms. The lowest BCUT2D eigenvalue weighted by molar-refractivity contribution is -0.131. The molecule has 3 aromatic rings. The van der Waals surface area contributed by atoms with Gasteiger partial charge in [0.25, 0.3) is 0 Å². The van der Waals surface area contributed by atoms with Crippen LogP contribution in [0.2, 0.25) is 15.2 Å². The van der Waals surface area contributed by atoms with Crippen LogP contribution in [0.15, 0.2) is 60.8 Å². The summed E-state index contributed by atoms with van der Waals surface area (Å²) in [5, 5.41) is 10.6. The third-order valence-electron chi connectivity index (χ3n) is 6.61. The van der Waals surface area contributed by atoms with Crippen molar-refractivity contribution in [2.45, 2.75) is 6.04 Å². The number of benzene rings is 2. The Kier molecular flexibility index (Phi) is 9.84. The minimum absolute atomic E-state index is 0.0230. The molecule has 1 atom stereocenters. The molecule has 1 saturated heterocycles. The van der Waals surface area contributed by atoms with Crippen LogP contribution in [0, 0.1) is 11.3 Å². The van der Waals surface area contributed by atoms with E-state index < -0.39 is 0 Å². The van der Waals surface area contributed by atoms with Crippen LogP contribution in [-0.4, -0.2) is 73.7 Å². The van der Waals surface area contributed by atoms with Crippen LogP contribution in [0.3, 0.4) is 0 Å². The Labute approximate surface area is 238 Å². The number of pyridine rings is 1. The number of anilines is 1. The molecule has 4 rings (SSSR count). The number of halogens is 3. The van der Waals surface area contributed by atoms with E-state index in [0.29, 0.717) is 40.6 Å². The van der Waals surface area contributed by atoms with Crippen LogP contribution >= 0.6 is 34.8 Å². The number of amides is 1. The summed E-state index contributed by atoms with van der Waals surface area (Å²) in [5.41, 5.74) is 3.65. The van der Waals surface area contributed by atoms with Gasteiger partial charge < -0.3 is 14.5 Å². The quantitative estimate of drug-likeness (QED) is 0.247. The smallest absolute Gasteiger partial charge is 0.242 e. The number of nitriles is 1. The average molecular weight is 573 g/mol. The molecule has 0 spiro atoms. The highest BCUT2D eigenvalue weighted by Crippen LogP contribution is 2.29. The highest BCUT2D eigenvalue weighted by molar-refractivity contribution is 6.42. The SMILES string of the molecule is CN(C(=O)CN(CC#N)c1ccc(Cl)c(Cl)c1)C(CN1CCOCC1)c1ccc(-c2ccnc(Cl)c2)cc1. The molecule has 0 saturated carbocycles. The molecule has 0 N–H and O–H groups in total. The van der Waals surface area contributed by atoms with Crippen molar-refractivity contribution in [1.82, 2.24) is 14.8 Å². The second kappa shape index (κ2) is 13.3. The molecule has 1 aliphatic rings. The molecule has 1 unspecified atom stereocenters. The fraction of sp³-hybridized carbons (Fsp3) is 0.321. The van der Waals surface area contributed by atoms with Gasteiger partial charge in [-0.15, -0.1) is 0 Å². The lowest BCUT2D eigenvalue weighted by Crippen LogP contribution is -2.46. The van der Waals surface area contributed by atoms with Crippen molar-refractivity contribution in [3.63, 3.8) is 0 Å².